The third kappa shape index (κ3) is 5.42. The van der Waals surface area contributed by atoms with Crippen molar-refractivity contribution in [2.75, 3.05) is 26.1 Å². The molecule has 6 nitrogen and oxygen atoms in total. The number of amides is 1. The van der Waals surface area contributed by atoms with E-state index in [4.69, 9.17) is 9.47 Å². The molecule has 1 aromatic heterocycles. The second kappa shape index (κ2) is 9.94. The van der Waals surface area contributed by atoms with Crippen LogP contribution in [-0.2, 0) is 30.7 Å². The van der Waals surface area contributed by atoms with Crippen LogP contribution < -0.4 is 14.8 Å². The highest BCUT2D eigenvalue weighted by atomic mass is 32.1. The van der Waals surface area contributed by atoms with Gasteiger partial charge in [0.1, 0.15) is 11.5 Å². The van der Waals surface area contributed by atoms with E-state index in [1.54, 1.807) is 25.6 Å². The highest BCUT2D eigenvalue weighted by Gasteiger charge is 2.21. The summed E-state index contributed by atoms with van der Waals surface area (Å²) in [5, 5.41) is 3.67. The Bertz CT molecular complexity index is 1040. The Hall–Kier alpha value is -2.90. The van der Waals surface area contributed by atoms with Crippen LogP contribution in [-0.4, -0.2) is 36.6 Å². The SMILES string of the molecule is COc1ccc(OC)c(CCC(=O)Nc2nc3c(s2)CN(Cc2ccccc2)CC3)c1. The molecule has 0 spiro atoms. The number of anilines is 1. The molecule has 0 radical (unpaired) electrons. The summed E-state index contributed by atoms with van der Waals surface area (Å²) in [7, 11) is 3.26. The van der Waals surface area contributed by atoms with Gasteiger partial charge in [-0.25, -0.2) is 4.98 Å². The van der Waals surface area contributed by atoms with E-state index in [1.807, 2.05) is 24.3 Å². The molecule has 4 rings (SSSR count). The van der Waals surface area contributed by atoms with Crippen molar-refractivity contribution in [3.8, 4) is 11.5 Å². The number of thiazole rings is 1. The van der Waals surface area contributed by atoms with Gasteiger partial charge in [-0.15, -0.1) is 11.3 Å². The van der Waals surface area contributed by atoms with Gasteiger partial charge in [0.25, 0.3) is 0 Å². The first-order valence-corrected chi connectivity index (χ1v) is 11.2. The van der Waals surface area contributed by atoms with Gasteiger partial charge in [0.05, 0.1) is 19.9 Å². The normalized spacial score (nSPS) is 13.5. The maximum atomic E-state index is 12.5. The molecule has 2 heterocycles. The van der Waals surface area contributed by atoms with Crippen LogP contribution in [0.3, 0.4) is 0 Å². The van der Waals surface area contributed by atoms with Crippen LogP contribution in [0.2, 0.25) is 0 Å². The first-order chi connectivity index (χ1) is 15.1. The number of ether oxygens (including phenoxy) is 2. The maximum absolute atomic E-state index is 12.5. The molecule has 3 aromatic rings. The van der Waals surface area contributed by atoms with Crippen LogP contribution in [0, 0.1) is 0 Å². The number of nitrogens with zero attached hydrogens (tertiary/aromatic N) is 2. The van der Waals surface area contributed by atoms with Gasteiger partial charge in [0.2, 0.25) is 5.91 Å². The summed E-state index contributed by atoms with van der Waals surface area (Å²) in [5.74, 6) is 1.47. The Kier molecular flexibility index (Phi) is 6.84. The zero-order valence-corrected chi connectivity index (χ0v) is 18.7. The first-order valence-electron chi connectivity index (χ1n) is 10.4. The van der Waals surface area contributed by atoms with Crippen molar-refractivity contribution >= 4 is 22.4 Å². The number of aromatic nitrogens is 1. The van der Waals surface area contributed by atoms with E-state index in [2.05, 4.69) is 39.5 Å². The van der Waals surface area contributed by atoms with Crippen molar-refractivity contribution in [2.45, 2.75) is 32.4 Å². The second-order valence-corrected chi connectivity index (χ2v) is 8.64. The van der Waals surface area contributed by atoms with Crippen molar-refractivity contribution in [1.82, 2.24) is 9.88 Å². The molecule has 0 fully saturated rings. The van der Waals surface area contributed by atoms with E-state index in [0.29, 0.717) is 18.0 Å². The minimum absolute atomic E-state index is 0.0443. The van der Waals surface area contributed by atoms with Crippen molar-refractivity contribution in [3.05, 3.63) is 70.2 Å². The van der Waals surface area contributed by atoms with Gasteiger partial charge in [-0.05, 0) is 35.7 Å². The molecule has 1 N–H and O–H groups in total. The first kappa shape index (κ1) is 21.3. The van der Waals surface area contributed by atoms with Crippen molar-refractivity contribution in [3.63, 3.8) is 0 Å². The second-order valence-electron chi connectivity index (χ2n) is 7.56. The molecule has 0 unspecified atom stereocenters. The zero-order valence-electron chi connectivity index (χ0n) is 17.9. The van der Waals surface area contributed by atoms with Crippen LogP contribution >= 0.6 is 11.3 Å². The number of hydrogen-bond donors (Lipinski definition) is 1. The number of rotatable bonds is 8. The van der Waals surface area contributed by atoms with Crippen LogP contribution in [0.5, 0.6) is 11.5 Å². The Balaban J connectivity index is 1.33. The van der Waals surface area contributed by atoms with Crippen LogP contribution in [0.1, 0.15) is 28.1 Å². The topological polar surface area (TPSA) is 63.7 Å². The fourth-order valence-electron chi connectivity index (χ4n) is 3.79. The molecule has 0 atom stereocenters. The van der Waals surface area contributed by atoms with E-state index < -0.39 is 0 Å². The third-order valence-electron chi connectivity index (χ3n) is 5.41. The lowest BCUT2D eigenvalue weighted by Crippen LogP contribution is -2.29. The van der Waals surface area contributed by atoms with E-state index >= 15 is 0 Å². The Morgan fingerprint density at radius 1 is 1.16 bits per heavy atom. The van der Waals surface area contributed by atoms with E-state index in [9.17, 15) is 4.79 Å². The van der Waals surface area contributed by atoms with Gasteiger partial charge in [-0.3, -0.25) is 9.69 Å². The van der Waals surface area contributed by atoms with Gasteiger partial charge >= 0.3 is 0 Å². The summed E-state index contributed by atoms with van der Waals surface area (Å²) in [4.78, 5) is 20.9. The minimum atomic E-state index is -0.0443. The number of benzene rings is 2. The fourth-order valence-corrected chi connectivity index (χ4v) is 4.85. The smallest absolute Gasteiger partial charge is 0.226 e. The summed E-state index contributed by atoms with van der Waals surface area (Å²) in [6.07, 6.45) is 1.84. The number of hydrogen-bond acceptors (Lipinski definition) is 6. The predicted octanol–water partition coefficient (Wildman–Crippen LogP) is 4.29. The molecule has 0 saturated heterocycles. The van der Waals surface area contributed by atoms with Gasteiger partial charge in [-0.2, -0.15) is 0 Å². The van der Waals surface area contributed by atoms with Crippen LogP contribution in [0.15, 0.2) is 48.5 Å². The quantitative estimate of drug-likeness (QED) is 0.570. The minimum Gasteiger partial charge on any atom is -0.497 e. The Labute approximate surface area is 186 Å². The molecule has 31 heavy (non-hydrogen) atoms. The lowest BCUT2D eigenvalue weighted by molar-refractivity contribution is -0.116. The van der Waals surface area contributed by atoms with Crippen LogP contribution in [0.25, 0.3) is 0 Å². The standard InChI is InChI=1S/C24H27N3O3S/c1-29-19-9-10-21(30-2)18(14-19)8-11-23(28)26-24-25-20-12-13-27(16-22(20)31-24)15-17-6-4-3-5-7-17/h3-7,9-10,14H,8,11-13,15-16H2,1-2H3,(H,25,26,28). The molecule has 7 heteroatoms. The highest BCUT2D eigenvalue weighted by molar-refractivity contribution is 7.15. The van der Waals surface area contributed by atoms with Crippen molar-refractivity contribution < 1.29 is 14.3 Å². The predicted molar refractivity (Wildman–Crippen MR) is 123 cm³/mol. The van der Waals surface area contributed by atoms with Gasteiger partial charge < -0.3 is 14.8 Å². The Morgan fingerprint density at radius 3 is 2.77 bits per heavy atom. The molecule has 2 aromatic carbocycles. The van der Waals surface area contributed by atoms with Gasteiger partial charge in [-0.1, -0.05) is 30.3 Å². The van der Waals surface area contributed by atoms with E-state index in [1.165, 1.54) is 10.4 Å². The summed E-state index contributed by atoms with van der Waals surface area (Å²) < 4.78 is 10.7. The lowest BCUT2D eigenvalue weighted by Gasteiger charge is -2.25. The summed E-state index contributed by atoms with van der Waals surface area (Å²) in [5.41, 5.74) is 3.38. The van der Waals surface area contributed by atoms with E-state index in [0.717, 1.165) is 48.8 Å². The highest BCUT2D eigenvalue weighted by Crippen LogP contribution is 2.29. The molecule has 0 aliphatic carbocycles. The van der Waals surface area contributed by atoms with Crippen LogP contribution in [0.4, 0.5) is 5.13 Å². The summed E-state index contributed by atoms with van der Waals surface area (Å²) >= 11 is 1.58. The largest absolute Gasteiger partial charge is 0.497 e. The third-order valence-corrected chi connectivity index (χ3v) is 6.41. The fraction of sp³-hybridized carbons (Fsp3) is 0.333. The number of aryl methyl sites for hydroxylation is 1. The van der Waals surface area contributed by atoms with Gasteiger partial charge in [0.15, 0.2) is 5.13 Å². The Morgan fingerprint density at radius 2 is 2.00 bits per heavy atom. The number of methoxy groups -OCH3 is 2. The molecule has 0 saturated carbocycles. The zero-order chi connectivity index (χ0) is 21.6. The number of carbonyl (C=O) groups excluding carboxylic acids is 1. The molecule has 162 valence electrons. The average Bonchev–Trinajstić information content (AvgIpc) is 3.19. The molecule has 1 amide bonds. The summed E-state index contributed by atoms with van der Waals surface area (Å²) in [6.45, 7) is 2.79. The molecular formula is C24H27N3O3S. The van der Waals surface area contributed by atoms with Crippen molar-refractivity contribution in [2.24, 2.45) is 0 Å². The molecular weight excluding hydrogens is 410 g/mol. The summed E-state index contributed by atoms with van der Waals surface area (Å²) in [6, 6.07) is 16.1. The number of fused-ring (bicyclic) bond motifs is 1. The lowest BCUT2D eigenvalue weighted by atomic mass is 10.1. The number of nitrogens with one attached hydrogen (secondary N) is 1. The average molecular weight is 438 g/mol. The van der Waals surface area contributed by atoms with E-state index in [-0.39, 0.29) is 5.91 Å². The van der Waals surface area contributed by atoms with Gasteiger partial charge in [0, 0.05) is 37.4 Å². The monoisotopic (exact) mass is 437 g/mol. The maximum Gasteiger partial charge on any atom is 0.226 e. The van der Waals surface area contributed by atoms with Crippen molar-refractivity contribution in [1.29, 1.82) is 0 Å². The molecule has 1 aliphatic rings. The molecule has 1 aliphatic heterocycles. The molecule has 0 bridgehead atoms. The number of carbonyl (C=O) groups is 1.